The van der Waals surface area contributed by atoms with Crippen molar-refractivity contribution in [2.45, 2.75) is 6.10 Å². The minimum Gasteiger partial charge on any atom is -0.381 e. The molecular weight excluding hydrogens is 290 g/mol. The first-order chi connectivity index (χ1) is 8.06. The molecule has 0 fully saturated rings. The van der Waals surface area contributed by atoms with Gasteiger partial charge in [0.1, 0.15) is 6.10 Å². The smallest absolute Gasteiger partial charge is 0.248 e. The summed E-state index contributed by atoms with van der Waals surface area (Å²) in [6, 6.07) is 3.62. The normalized spacial score (nSPS) is 12.6. The molecule has 0 radical (unpaired) electrons. The van der Waals surface area contributed by atoms with Crippen LogP contribution in [0.4, 0.5) is 5.95 Å². The highest BCUT2D eigenvalue weighted by Gasteiger charge is 2.11. The van der Waals surface area contributed by atoms with Gasteiger partial charge >= 0.3 is 0 Å². The fraction of sp³-hybridized carbons (Fsp3) is 0.222. The number of anilines is 1. The predicted octanol–water partition coefficient (Wildman–Crippen LogP) is -0.250. The number of halogens is 1. The highest BCUT2D eigenvalue weighted by Crippen LogP contribution is 2.11. The molecule has 0 saturated carbocycles. The maximum absolute atomic E-state index is 10.6. The van der Waals surface area contributed by atoms with Gasteiger partial charge in [-0.2, -0.15) is 4.98 Å². The molecule has 17 heavy (non-hydrogen) atoms. The largest absolute Gasteiger partial charge is 0.381 e. The number of carbonyl (C=O) groups excluding carboxylic acids is 1. The number of fused-ring (bicyclic) bond motifs is 1. The van der Waals surface area contributed by atoms with Crippen LogP contribution in [0, 0.1) is 0 Å². The van der Waals surface area contributed by atoms with E-state index in [4.69, 9.17) is 5.73 Å². The van der Waals surface area contributed by atoms with E-state index in [9.17, 15) is 9.90 Å². The Labute approximate surface area is 105 Å². The zero-order chi connectivity index (χ0) is 12.4. The van der Waals surface area contributed by atoms with Crippen LogP contribution < -0.4 is 11.1 Å². The van der Waals surface area contributed by atoms with Crippen molar-refractivity contribution in [3.05, 3.63) is 22.8 Å². The third-order valence-electron chi connectivity index (χ3n) is 2.08. The van der Waals surface area contributed by atoms with E-state index in [0.717, 1.165) is 4.47 Å². The van der Waals surface area contributed by atoms with Crippen LogP contribution in [0.3, 0.4) is 0 Å². The van der Waals surface area contributed by atoms with Crippen LogP contribution in [0.1, 0.15) is 0 Å². The number of nitrogens with one attached hydrogen (secondary N) is 1. The molecule has 90 valence electrons. The highest BCUT2D eigenvalue weighted by atomic mass is 79.9. The molecule has 0 aliphatic heterocycles. The molecule has 0 saturated heterocycles. The number of hydrogen-bond acceptors (Lipinski definition) is 5. The Bertz CT molecular complexity index is 555. The van der Waals surface area contributed by atoms with Crippen molar-refractivity contribution in [1.82, 2.24) is 14.6 Å². The Morgan fingerprint density at radius 1 is 1.65 bits per heavy atom. The van der Waals surface area contributed by atoms with Gasteiger partial charge in [-0.3, -0.25) is 4.79 Å². The van der Waals surface area contributed by atoms with Crippen LogP contribution in [0.2, 0.25) is 0 Å². The summed E-state index contributed by atoms with van der Waals surface area (Å²) in [4.78, 5) is 14.8. The van der Waals surface area contributed by atoms with E-state index in [0.29, 0.717) is 11.6 Å². The quantitative estimate of drug-likeness (QED) is 0.722. The number of nitrogens with zero attached hydrogens (tertiary/aromatic N) is 3. The number of aliphatic hydroxyl groups excluding tert-OH is 1. The molecule has 0 bridgehead atoms. The molecule has 1 unspecified atom stereocenters. The molecule has 4 N–H and O–H groups in total. The van der Waals surface area contributed by atoms with E-state index in [-0.39, 0.29) is 6.54 Å². The van der Waals surface area contributed by atoms with Crippen LogP contribution in [-0.4, -0.2) is 38.3 Å². The summed E-state index contributed by atoms with van der Waals surface area (Å²) in [5.41, 5.74) is 5.57. The molecule has 2 heterocycles. The zero-order valence-corrected chi connectivity index (χ0v) is 10.3. The second-order valence-electron chi connectivity index (χ2n) is 3.38. The maximum atomic E-state index is 10.6. The van der Waals surface area contributed by atoms with Crippen LogP contribution in [0.15, 0.2) is 22.8 Å². The topological polar surface area (TPSA) is 106 Å². The molecule has 2 rings (SSSR count). The molecule has 0 aliphatic rings. The first-order valence-electron chi connectivity index (χ1n) is 4.79. The number of aromatic nitrogens is 3. The van der Waals surface area contributed by atoms with Crippen LogP contribution >= 0.6 is 15.9 Å². The summed E-state index contributed by atoms with van der Waals surface area (Å²) in [5.74, 6) is -0.465. The van der Waals surface area contributed by atoms with Gasteiger partial charge in [-0.15, -0.1) is 5.10 Å². The monoisotopic (exact) mass is 299 g/mol. The number of nitrogens with two attached hydrogens (primary N) is 1. The zero-order valence-electron chi connectivity index (χ0n) is 8.67. The molecule has 2 aromatic heterocycles. The number of aliphatic hydroxyl groups is 1. The van der Waals surface area contributed by atoms with Gasteiger partial charge in [0.2, 0.25) is 11.9 Å². The van der Waals surface area contributed by atoms with Crippen molar-refractivity contribution in [1.29, 1.82) is 0 Å². The first-order valence-corrected chi connectivity index (χ1v) is 5.59. The lowest BCUT2D eigenvalue weighted by molar-refractivity contribution is -0.125. The fourth-order valence-corrected chi connectivity index (χ4v) is 1.55. The van der Waals surface area contributed by atoms with Gasteiger partial charge in [0, 0.05) is 10.7 Å². The van der Waals surface area contributed by atoms with Crippen molar-refractivity contribution < 1.29 is 9.90 Å². The van der Waals surface area contributed by atoms with E-state index < -0.39 is 12.0 Å². The van der Waals surface area contributed by atoms with Crippen molar-refractivity contribution >= 4 is 33.4 Å². The van der Waals surface area contributed by atoms with Gasteiger partial charge in [-0.25, -0.2) is 4.52 Å². The second kappa shape index (κ2) is 4.68. The van der Waals surface area contributed by atoms with E-state index in [1.165, 1.54) is 0 Å². The van der Waals surface area contributed by atoms with E-state index in [1.54, 1.807) is 16.8 Å². The van der Waals surface area contributed by atoms with Crippen LogP contribution in [-0.2, 0) is 4.79 Å². The van der Waals surface area contributed by atoms with Gasteiger partial charge < -0.3 is 16.2 Å². The van der Waals surface area contributed by atoms with Gasteiger partial charge in [0.25, 0.3) is 0 Å². The Balaban J connectivity index is 2.12. The number of pyridine rings is 1. The van der Waals surface area contributed by atoms with Crippen molar-refractivity contribution in [3.8, 4) is 0 Å². The summed E-state index contributed by atoms with van der Waals surface area (Å²) in [6.45, 7) is -0.0205. The molecule has 8 heteroatoms. The number of rotatable bonds is 4. The lowest BCUT2D eigenvalue weighted by Gasteiger charge is -2.05. The summed E-state index contributed by atoms with van der Waals surface area (Å²) < 4.78 is 2.45. The lowest BCUT2D eigenvalue weighted by Crippen LogP contribution is -2.34. The average Bonchev–Trinajstić information content (AvgIpc) is 2.67. The highest BCUT2D eigenvalue weighted by molar-refractivity contribution is 9.10. The average molecular weight is 300 g/mol. The summed E-state index contributed by atoms with van der Waals surface area (Å²) >= 11 is 3.31. The summed E-state index contributed by atoms with van der Waals surface area (Å²) in [6.07, 6.45) is 0.492. The van der Waals surface area contributed by atoms with Crippen LogP contribution in [0.5, 0.6) is 0 Å². The maximum Gasteiger partial charge on any atom is 0.248 e. The molecular formula is C9H10BrN5O2. The number of carbonyl (C=O) groups is 1. The molecule has 7 nitrogen and oxygen atoms in total. The molecule has 0 spiro atoms. The Morgan fingerprint density at radius 2 is 2.41 bits per heavy atom. The fourth-order valence-electron chi connectivity index (χ4n) is 1.22. The molecule has 1 amide bonds. The predicted molar refractivity (Wildman–Crippen MR) is 64.4 cm³/mol. The van der Waals surface area contributed by atoms with Gasteiger partial charge in [0.15, 0.2) is 5.65 Å². The van der Waals surface area contributed by atoms with Crippen molar-refractivity contribution in [2.75, 3.05) is 11.9 Å². The van der Waals surface area contributed by atoms with Crippen LogP contribution in [0.25, 0.3) is 5.65 Å². The second-order valence-corrected chi connectivity index (χ2v) is 4.30. The Kier molecular flexibility index (Phi) is 3.25. The third kappa shape index (κ3) is 2.71. The Hall–Kier alpha value is -1.67. The van der Waals surface area contributed by atoms with E-state index in [2.05, 4.69) is 31.3 Å². The summed E-state index contributed by atoms with van der Waals surface area (Å²) in [7, 11) is 0. The van der Waals surface area contributed by atoms with Crippen molar-refractivity contribution in [3.63, 3.8) is 0 Å². The number of hydrogen-bond donors (Lipinski definition) is 3. The van der Waals surface area contributed by atoms with Gasteiger partial charge in [-0.05, 0) is 28.1 Å². The molecule has 2 aromatic rings. The number of primary amides is 1. The lowest BCUT2D eigenvalue weighted by atomic mass is 10.3. The Morgan fingerprint density at radius 3 is 3.12 bits per heavy atom. The minimum absolute atomic E-state index is 0.0205. The van der Waals surface area contributed by atoms with Gasteiger partial charge in [-0.1, -0.05) is 0 Å². The van der Waals surface area contributed by atoms with E-state index >= 15 is 0 Å². The SMILES string of the molecule is NC(=O)C(O)CNc1nc2ccc(Br)cn2n1. The molecule has 0 aromatic carbocycles. The van der Waals surface area contributed by atoms with Gasteiger partial charge in [0.05, 0.1) is 6.54 Å². The van der Waals surface area contributed by atoms with Crippen molar-refractivity contribution in [2.24, 2.45) is 5.73 Å². The first kappa shape index (κ1) is 11.8. The van der Waals surface area contributed by atoms with E-state index in [1.807, 2.05) is 6.07 Å². The number of amides is 1. The molecule has 0 aliphatic carbocycles. The molecule has 1 atom stereocenters. The third-order valence-corrected chi connectivity index (χ3v) is 2.55. The standard InChI is InChI=1S/C9H10BrN5O2/c10-5-1-2-7-13-9(14-15(7)4-5)12-3-6(16)8(11)17/h1-2,4,6,16H,3H2,(H2,11,17)(H,12,14). The summed E-state index contributed by atoms with van der Waals surface area (Å²) in [5, 5.41) is 16.0. The minimum atomic E-state index is -1.26.